The summed E-state index contributed by atoms with van der Waals surface area (Å²) in [5, 5.41) is 1.96. The van der Waals surface area contributed by atoms with Crippen LogP contribution in [-0.2, 0) is 9.59 Å². The monoisotopic (exact) mass is 465 g/mol. The van der Waals surface area contributed by atoms with Crippen LogP contribution in [0.2, 0.25) is 0 Å². The quantitative estimate of drug-likeness (QED) is 0.492. The summed E-state index contributed by atoms with van der Waals surface area (Å²) in [6.07, 6.45) is 0. The lowest BCUT2D eigenvalue weighted by Crippen LogP contribution is -2.28. The Hall–Kier alpha value is -2.96. The highest BCUT2D eigenvalue weighted by Crippen LogP contribution is 2.42. The van der Waals surface area contributed by atoms with Crippen LogP contribution in [0.3, 0.4) is 0 Å². The standard InChI is InChI=1S/C25H24ClN3O2S/c1-28(2)20-11-13-21(14-12-20)29-22(30)16-32-25(29)18-9-6-10-19(15-18)27-24(31)23(26)17-7-4-3-5-8-17/h3-15,23,25H,16H2,1-2H3,(H,27,31)/t23-,25+/m1/s1. The number of anilines is 3. The van der Waals surface area contributed by atoms with Gasteiger partial charge >= 0.3 is 0 Å². The van der Waals surface area contributed by atoms with Crippen LogP contribution < -0.4 is 15.1 Å². The number of thioether (sulfide) groups is 1. The lowest BCUT2D eigenvalue weighted by Gasteiger charge is -2.25. The molecule has 2 amide bonds. The van der Waals surface area contributed by atoms with Crippen molar-refractivity contribution in [2.45, 2.75) is 10.8 Å². The minimum Gasteiger partial charge on any atom is -0.378 e. The first-order valence-electron chi connectivity index (χ1n) is 10.2. The summed E-state index contributed by atoms with van der Waals surface area (Å²) in [4.78, 5) is 29.2. The molecular formula is C25H24ClN3O2S. The van der Waals surface area contributed by atoms with E-state index in [1.165, 1.54) is 0 Å². The van der Waals surface area contributed by atoms with Gasteiger partial charge in [-0.1, -0.05) is 42.5 Å². The molecular weight excluding hydrogens is 442 g/mol. The summed E-state index contributed by atoms with van der Waals surface area (Å²) in [5.41, 5.74) is 4.27. The Labute approximate surface area is 197 Å². The maximum Gasteiger partial charge on any atom is 0.246 e. The van der Waals surface area contributed by atoms with Crippen molar-refractivity contribution in [2.24, 2.45) is 0 Å². The van der Waals surface area contributed by atoms with E-state index >= 15 is 0 Å². The highest BCUT2D eigenvalue weighted by molar-refractivity contribution is 8.00. The molecule has 1 aliphatic rings. The van der Waals surface area contributed by atoms with E-state index in [0.29, 0.717) is 11.4 Å². The van der Waals surface area contributed by atoms with Gasteiger partial charge in [0.25, 0.3) is 0 Å². The second kappa shape index (κ2) is 9.67. The van der Waals surface area contributed by atoms with Crippen LogP contribution in [0.15, 0.2) is 78.9 Å². The SMILES string of the molecule is CN(C)c1ccc(N2C(=O)CS[C@H]2c2cccc(NC(=O)[C@H](Cl)c3ccccc3)c2)cc1. The number of nitrogens with zero attached hydrogens (tertiary/aromatic N) is 2. The second-order valence-electron chi connectivity index (χ2n) is 7.73. The summed E-state index contributed by atoms with van der Waals surface area (Å²) in [5.74, 6) is 0.187. The fourth-order valence-electron chi connectivity index (χ4n) is 3.61. The molecule has 0 bridgehead atoms. The van der Waals surface area contributed by atoms with Crippen LogP contribution in [0, 0.1) is 0 Å². The predicted molar refractivity (Wildman–Crippen MR) is 134 cm³/mol. The second-order valence-corrected chi connectivity index (χ2v) is 9.23. The van der Waals surface area contributed by atoms with Crippen LogP contribution in [-0.4, -0.2) is 31.7 Å². The molecule has 0 radical (unpaired) electrons. The molecule has 2 atom stereocenters. The molecule has 164 valence electrons. The molecule has 4 rings (SSSR count). The molecule has 0 aliphatic carbocycles. The van der Waals surface area contributed by atoms with E-state index in [9.17, 15) is 9.59 Å². The number of carbonyl (C=O) groups excluding carboxylic acids is 2. The maximum atomic E-state index is 12.7. The van der Waals surface area contributed by atoms with Crippen molar-refractivity contribution in [3.8, 4) is 0 Å². The van der Waals surface area contributed by atoms with Crippen molar-refractivity contribution < 1.29 is 9.59 Å². The van der Waals surface area contributed by atoms with Crippen molar-refractivity contribution in [3.63, 3.8) is 0 Å². The molecule has 5 nitrogen and oxygen atoms in total. The van der Waals surface area contributed by atoms with Gasteiger partial charge in [-0.3, -0.25) is 14.5 Å². The molecule has 3 aromatic rings. The van der Waals surface area contributed by atoms with Gasteiger partial charge in [0.15, 0.2) is 0 Å². The van der Waals surface area contributed by atoms with Gasteiger partial charge in [-0.05, 0) is 47.5 Å². The molecule has 1 aliphatic heterocycles. The van der Waals surface area contributed by atoms with Crippen LogP contribution in [0.25, 0.3) is 0 Å². The van der Waals surface area contributed by atoms with Crippen molar-refractivity contribution >= 4 is 52.2 Å². The van der Waals surface area contributed by atoms with Gasteiger partial charge in [-0.15, -0.1) is 23.4 Å². The molecule has 1 fully saturated rings. The number of carbonyl (C=O) groups is 2. The van der Waals surface area contributed by atoms with Gasteiger partial charge in [0.05, 0.1) is 5.75 Å². The molecule has 0 aromatic heterocycles. The number of nitrogens with one attached hydrogen (secondary N) is 1. The van der Waals surface area contributed by atoms with Gasteiger partial charge in [0.2, 0.25) is 11.8 Å². The minimum absolute atomic E-state index is 0.0666. The Morgan fingerprint density at radius 2 is 1.78 bits per heavy atom. The third-order valence-corrected chi connectivity index (χ3v) is 6.94. The van der Waals surface area contributed by atoms with Gasteiger partial charge in [-0.2, -0.15) is 0 Å². The molecule has 7 heteroatoms. The number of rotatable bonds is 6. The Morgan fingerprint density at radius 3 is 2.47 bits per heavy atom. The first-order chi connectivity index (χ1) is 15.4. The maximum absolute atomic E-state index is 12.7. The number of halogens is 1. The average molecular weight is 466 g/mol. The highest BCUT2D eigenvalue weighted by atomic mass is 35.5. The van der Waals surface area contributed by atoms with E-state index in [0.717, 1.165) is 22.5 Å². The number of benzene rings is 3. The van der Waals surface area contributed by atoms with E-state index in [1.807, 2.05) is 103 Å². The Balaban J connectivity index is 1.54. The largest absolute Gasteiger partial charge is 0.378 e. The van der Waals surface area contributed by atoms with Crippen molar-refractivity contribution in [3.05, 3.63) is 90.0 Å². The number of alkyl halides is 1. The third-order valence-electron chi connectivity index (χ3n) is 5.27. The van der Waals surface area contributed by atoms with Crippen LogP contribution in [0.4, 0.5) is 17.1 Å². The van der Waals surface area contributed by atoms with E-state index in [1.54, 1.807) is 11.8 Å². The lowest BCUT2D eigenvalue weighted by molar-refractivity contribution is -0.116. The summed E-state index contributed by atoms with van der Waals surface area (Å²) < 4.78 is 0. The van der Waals surface area contributed by atoms with Crippen molar-refractivity contribution in [1.82, 2.24) is 0 Å². The molecule has 0 spiro atoms. The molecule has 3 aromatic carbocycles. The summed E-state index contributed by atoms with van der Waals surface area (Å²) in [6.45, 7) is 0. The molecule has 1 heterocycles. The van der Waals surface area contributed by atoms with Crippen molar-refractivity contribution in [1.29, 1.82) is 0 Å². The number of amides is 2. The molecule has 32 heavy (non-hydrogen) atoms. The average Bonchev–Trinajstić information content (AvgIpc) is 3.20. The normalized spacial score (nSPS) is 16.7. The van der Waals surface area contributed by atoms with E-state index in [2.05, 4.69) is 5.32 Å². The highest BCUT2D eigenvalue weighted by Gasteiger charge is 2.34. The summed E-state index contributed by atoms with van der Waals surface area (Å²) in [7, 11) is 3.97. The molecule has 1 N–H and O–H groups in total. The van der Waals surface area contributed by atoms with E-state index in [4.69, 9.17) is 11.6 Å². The van der Waals surface area contributed by atoms with Gasteiger partial charge < -0.3 is 10.2 Å². The fraction of sp³-hybridized carbons (Fsp3) is 0.200. The first kappa shape index (κ1) is 22.2. The van der Waals surface area contributed by atoms with Gasteiger partial charge in [0.1, 0.15) is 10.8 Å². The fourth-order valence-corrected chi connectivity index (χ4v) is 4.98. The summed E-state index contributed by atoms with van der Waals surface area (Å²) >= 11 is 7.93. The Morgan fingerprint density at radius 1 is 1.06 bits per heavy atom. The van der Waals surface area contributed by atoms with E-state index in [-0.39, 0.29) is 17.2 Å². The smallest absolute Gasteiger partial charge is 0.246 e. The lowest BCUT2D eigenvalue weighted by atomic mass is 10.1. The topological polar surface area (TPSA) is 52.6 Å². The number of hydrogen-bond donors (Lipinski definition) is 1. The predicted octanol–water partition coefficient (Wildman–Crippen LogP) is 5.45. The first-order valence-corrected chi connectivity index (χ1v) is 11.7. The van der Waals surface area contributed by atoms with Crippen LogP contribution in [0.5, 0.6) is 0 Å². The van der Waals surface area contributed by atoms with Crippen LogP contribution in [0.1, 0.15) is 21.9 Å². The van der Waals surface area contributed by atoms with Crippen molar-refractivity contribution in [2.75, 3.05) is 35.0 Å². The third kappa shape index (κ3) is 4.76. The molecule has 0 saturated carbocycles. The Kier molecular flexibility index (Phi) is 6.72. The van der Waals surface area contributed by atoms with E-state index < -0.39 is 5.38 Å². The van der Waals surface area contributed by atoms with Gasteiger partial charge in [-0.25, -0.2) is 0 Å². The number of hydrogen-bond acceptors (Lipinski definition) is 4. The van der Waals surface area contributed by atoms with Gasteiger partial charge in [0, 0.05) is 31.2 Å². The minimum atomic E-state index is -0.783. The van der Waals surface area contributed by atoms with Crippen LogP contribution >= 0.6 is 23.4 Å². The zero-order valence-electron chi connectivity index (χ0n) is 17.9. The summed E-state index contributed by atoms with van der Waals surface area (Å²) in [6, 6.07) is 24.8. The zero-order valence-corrected chi connectivity index (χ0v) is 19.4. The Bertz CT molecular complexity index is 1110. The molecule has 1 saturated heterocycles. The zero-order chi connectivity index (χ0) is 22.7. The molecule has 0 unspecified atom stereocenters.